The molecule has 3 heterocycles. The molecule has 0 bridgehead atoms. The fourth-order valence-corrected chi connectivity index (χ4v) is 6.86. The summed E-state index contributed by atoms with van der Waals surface area (Å²) in [7, 11) is -1.49. The van der Waals surface area contributed by atoms with Crippen molar-refractivity contribution in [2.75, 3.05) is 33.4 Å². The Labute approximate surface area is 203 Å². The third kappa shape index (κ3) is 4.25. The van der Waals surface area contributed by atoms with Crippen LogP contribution in [0.5, 0.6) is 0 Å². The van der Waals surface area contributed by atoms with Gasteiger partial charge in [0.25, 0.3) is 0 Å². The molecular formula is C24H29N5O3S2. The Balaban J connectivity index is 1.42. The van der Waals surface area contributed by atoms with Crippen LogP contribution in [-0.2, 0) is 27.8 Å². The second kappa shape index (κ2) is 9.35. The van der Waals surface area contributed by atoms with E-state index < -0.39 is 10.0 Å². The summed E-state index contributed by atoms with van der Waals surface area (Å²) >= 11 is 1.72. The van der Waals surface area contributed by atoms with Crippen molar-refractivity contribution < 1.29 is 13.2 Å². The second-order valence-electron chi connectivity index (χ2n) is 8.55. The fraction of sp³-hybridized carbons (Fsp3) is 0.417. The van der Waals surface area contributed by atoms with Gasteiger partial charge in [0, 0.05) is 19.6 Å². The van der Waals surface area contributed by atoms with Crippen molar-refractivity contribution in [1.29, 1.82) is 0 Å². The summed E-state index contributed by atoms with van der Waals surface area (Å²) in [5, 5.41) is 1.07. The van der Waals surface area contributed by atoms with Crippen LogP contribution in [0.25, 0.3) is 21.3 Å². The Morgan fingerprint density at radius 2 is 1.88 bits per heavy atom. The minimum atomic E-state index is -3.56. The molecule has 0 amide bonds. The highest BCUT2D eigenvalue weighted by Gasteiger charge is 2.27. The Hall–Kier alpha value is -2.37. The molecule has 2 aromatic carbocycles. The number of para-hydroxylation sites is 1. The molecule has 1 atom stereocenters. The van der Waals surface area contributed by atoms with Crippen molar-refractivity contribution in [3.63, 3.8) is 0 Å². The number of hydrogen-bond donors (Lipinski definition) is 0. The highest BCUT2D eigenvalue weighted by atomic mass is 32.2. The van der Waals surface area contributed by atoms with Gasteiger partial charge in [0.1, 0.15) is 10.8 Å². The first-order valence-electron chi connectivity index (χ1n) is 11.5. The highest BCUT2D eigenvalue weighted by molar-refractivity contribution is 7.89. The summed E-state index contributed by atoms with van der Waals surface area (Å²) in [6.07, 6.45) is 0. The van der Waals surface area contributed by atoms with Crippen LogP contribution < -0.4 is 0 Å². The average molecular weight is 500 g/mol. The fourth-order valence-electron chi connectivity index (χ4n) is 4.35. The Kier molecular flexibility index (Phi) is 6.43. The number of ether oxygens (including phenoxy) is 1. The van der Waals surface area contributed by atoms with E-state index in [1.807, 2.05) is 24.3 Å². The zero-order valence-corrected chi connectivity index (χ0v) is 21.3. The number of sulfonamides is 1. The van der Waals surface area contributed by atoms with Crippen LogP contribution in [0.4, 0.5) is 0 Å². The van der Waals surface area contributed by atoms with Gasteiger partial charge in [-0.05, 0) is 51.2 Å². The molecule has 180 valence electrons. The van der Waals surface area contributed by atoms with E-state index in [-0.39, 0.29) is 10.9 Å². The molecule has 34 heavy (non-hydrogen) atoms. The third-order valence-corrected chi connectivity index (χ3v) is 9.54. The predicted octanol–water partition coefficient (Wildman–Crippen LogP) is 3.88. The maximum atomic E-state index is 13.1. The first kappa shape index (κ1) is 23.4. The number of imidazole rings is 1. The number of benzene rings is 2. The molecule has 0 aliphatic carbocycles. The molecule has 0 saturated carbocycles. The molecule has 1 aliphatic heterocycles. The van der Waals surface area contributed by atoms with Crippen LogP contribution >= 0.6 is 11.3 Å². The van der Waals surface area contributed by atoms with Gasteiger partial charge in [0.2, 0.25) is 10.0 Å². The molecule has 4 aromatic rings. The summed E-state index contributed by atoms with van der Waals surface area (Å²) in [5.74, 6) is 0.911. The van der Waals surface area contributed by atoms with E-state index in [9.17, 15) is 8.42 Å². The molecule has 0 radical (unpaired) electrons. The first-order chi connectivity index (χ1) is 16.4. The standard InChI is InChI=1S/C24H29N5O3S2/c1-4-29-21-10-9-18(34(30,31)28-11-13-32-14-12-28)15-20(21)25-23(29)16-27(3)17(2)24-26-19-7-5-6-8-22(19)33-24/h5-10,15,17H,4,11-14,16H2,1-3H3/t17-/m0/s1. The van der Waals surface area contributed by atoms with Gasteiger partial charge >= 0.3 is 0 Å². The van der Waals surface area contributed by atoms with Crippen molar-refractivity contribution in [3.8, 4) is 0 Å². The largest absolute Gasteiger partial charge is 0.379 e. The maximum absolute atomic E-state index is 13.1. The number of aryl methyl sites for hydroxylation is 1. The van der Waals surface area contributed by atoms with Gasteiger partial charge in [-0.25, -0.2) is 18.4 Å². The number of hydrogen-bond acceptors (Lipinski definition) is 7. The number of aromatic nitrogens is 3. The molecular weight excluding hydrogens is 470 g/mol. The monoisotopic (exact) mass is 499 g/mol. The van der Waals surface area contributed by atoms with E-state index in [2.05, 4.69) is 36.4 Å². The molecule has 1 saturated heterocycles. The second-order valence-corrected chi connectivity index (χ2v) is 11.6. The van der Waals surface area contributed by atoms with Crippen LogP contribution in [0.1, 0.15) is 30.7 Å². The van der Waals surface area contributed by atoms with Gasteiger partial charge in [0.05, 0.1) is 51.9 Å². The number of thiazole rings is 1. The van der Waals surface area contributed by atoms with Crippen LogP contribution in [0.15, 0.2) is 47.4 Å². The van der Waals surface area contributed by atoms with Crippen LogP contribution in [-0.4, -0.2) is 65.5 Å². The number of rotatable bonds is 7. The molecule has 2 aromatic heterocycles. The van der Waals surface area contributed by atoms with E-state index >= 15 is 0 Å². The maximum Gasteiger partial charge on any atom is 0.243 e. The molecule has 1 aliphatic rings. The van der Waals surface area contributed by atoms with Gasteiger partial charge < -0.3 is 9.30 Å². The van der Waals surface area contributed by atoms with Crippen LogP contribution in [0.2, 0.25) is 0 Å². The number of fused-ring (bicyclic) bond motifs is 2. The molecule has 1 fully saturated rings. The van der Waals surface area contributed by atoms with Crippen molar-refractivity contribution in [1.82, 2.24) is 23.7 Å². The molecule has 0 N–H and O–H groups in total. The van der Waals surface area contributed by atoms with Crippen molar-refractivity contribution in [2.24, 2.45) is 0 Å². The smallest absolute Gasteiger partial charge is 0.243 e. The summed E-state index contributed by atoms with van der Waals surface area (Å²) in [6.45, 7) is 7.23. The van der Waals surface area contributed by atoms with E-state index in [1.54, 1.807) is 23.5 Å². The van der Waals surface area contributed by atoms with Crippen LogP contribution in [0.3, 0.4) is 0 Å². The average Bonchev–Trinajstić information content (AvgIpc) is 3.44. The lowest BCUT2D eigenvalue weighted by atomic mass is 10.3. The topological polar surface area (TPSA) is 80.6 Å². The first-order valence-corrected chi connectivity index (χ1v) is 13.8. The Morgan fingerprint density at radius 3 is 2.62 bits per heavy atom. The third-order valence-electron chi connectivity index (χ3n) is 6.44. The van der Waals surface area contributed by atoms with Crippen molar-refractivity contribution in [2.45, 2.75) is 37.9 Å². The SMILES string of the molecule is CCn1c(CN(C)[C@@H](C)c2nc3ccccc3s2)nc2cc(S(=O)(=O)N3CCOCC3)ccc21. The Morgan fingerprint density at radius 1 is 1.12 bits per heavy atom. The molecule has 10 heteroatoms. The summed E-state index contributed by atoms with van der Waals surface area (Å²) in [4.78, 5) is 12.2. The minimum absolute atomic E-state index is 0.125. The van der Waals surface area contributed by atoms with Gasteiger partial charge in [-0.1, -0.05) is 12.1 Å². The normalized spacial score (nSPS) is 16.6. The molecule has 0 unspecified atom stereocenters. The molecule has 5 rings (SSSR count). The summed E-state index contributed by atoms with van der Waals surface area (Å²) in [5.41, 5.74) is 2.67. The zero-order chi connectivity index (χ0) is 23.9. The van der Waals surface area contributed by atoms with E-state index in [1.165, 1.54) is 9.01 Å². The zero-order valence-electron chi connectivity index (χ0n) is 19.6. The van der Waals surface area contributed by atoms with Crippen LogP contribution in [0, 0.1) is 0 Å². The van der Waals surface area contributed by atoms with Gasteiger partial charge in [0.15, 0.2) is 0 Å². The summed E-state index contributed by atoms with van der Waals surface area (Å²) in [6, 6.07) is 13.6. The van der Waals surface area contributed by atoms with Crippen molar-refractivity contribution >= 4 is 42.6 Å². The lowest BCUT2D eigenvalue weighted by molar-refractivity contribution is 0.0730. The van der Waals surface area contributed by atoms with Crippen molar-refractivity contribution in [3.05, 3.63) is 53.3 Å². The molecule has 8 nitrogen and oxygen atoms in total. The summed E-state index contributed by atoms with van der Waals surface area (Å²) < 4.78 is 36.4. The van der Waals surface area contributed by atoms with E-state index in [4.69, 9.17) is 14.7 Å². The van der Waals surface area contributed by atoms with Gasteiger partial charge in [-0.3, -0.25) is 4.90 Å². The van der Waals surface area contributed by atoms with Gasteiger partial charge in [-0.15, -0.1) is 11.3 Å². The lowest BCUT2D eigenvalue weighted by Gasteiger charge is -2.26. The minimum Gasteiger partial charge on any atom is -0.379 e. The highest BCUT2D eigenvalue weighted by Crippen LogP contribution is 2.30. The van der Waals surface area contributed by atoms with Gasteiger partial charge in [-0.2, -0.15) is 4.31 Å². The quantitative estimate of drug-likeness (QED) is 0.384. The lowest BCUT2D eigenvalue weighted by Crippen LogP contribution is -2.40. The Bertz CT molecular complexity index is 1390. The number of morpholine rings is 1. The molecule has 0 spiro atoms. The van der Waals surface area contributed by atoms with E-state index in [0.717, 1.165) is 28.4 Å². The van der Waals surface area contributed by atoms with E-state index in [0.29, 0.717) is 38.4 Å². The number of nitrogens with zero attached hydrogens (tertiary/aromatic N) is 5. The predicted molar refractivity (Wildman–Crippen MR) is 134 cm³/mol.